The molecule has 0 aliphatic carbocycles. The van der Waals surface area contributed by atoms with E-state index in [4.69, 9.17) is 15.2 Å². The van der Waals surface area contributed by atoms with Gasteiger partial charge in [0.25, 0.3) is 0 Å². The molecule has 3 N–H and O–H groups in total. The molecule has 0 radical (unpaired) electrons. The van der Waals surface area contributed by atoms with Crippen LogP contribution in [-0.2, 0) is 4.74 Å². The number of nitrogens with two attached hydrogens (primary N) is 1. The Balaban J connectivity index is 3.15. The molecule has 0 saturated heterocycles. The van der Waals surface area contributed by atoms with Crippen LogP contribution >= 0.6 is 11.3 Å². The van der Waals surface area contributed by atoms with Crippen LogP contribution in [0.1, 0.15) is 43.8 Å². The molecule has 0 bridgehead atoms. The molecule has 19 heavy (non-hydrogen) atoms. The van der Waals surface area contributed by atoms with Crippen molar-refractivity contribution < 1.29 is 14.3 Å². The fourth-order valence-corrected chi connectivity index (χ4v) is 2.53. The molecule has 0 fully saturated rings. The second-order valence-corrected chi connectivity index (χ2v) is 5.64. The van der Waals surface area contributed by atoms with Crippen LogP contribution < -0.4 is 15.8 Å². The normalized spacial score (nSPS) is 12.3. The van der Waals surface area contributed by atoms with E-state index in [1.165, 1.54) is 18.4 Å². The van der Waals surface area contributed by atoms with Crippen molar-refractivity contribution in [1.29, 1.82) is 0 Å². The third-order valence-electron chi connectivity index (χ3n) is 2.61. The standard InChI is InChI=1S/C13H22N2O3S/c1-6-8(4)15-12-10(18-7(2)3)9(14)11(19-12)13(16)17-5/h7-8,15H,6,14H2,1-5H3. The highest BCUT2D eigenvalue weighted by Gasteiger charge is 2.24. The molecule has 6 heteroatoms. The summed E-state index contributed by atoms with van der Waals surface area (Å²) in [5.41, 5.74) is 6.33. The first kappa shape index (κ1) is 15.6. The molecular weight excluding hydrogens is 264 g/mol. The van der Waals surface area contributed by atoms with E-state index in [2.05, 4.69) is 19.2 Å². The van der Waals surface area contributed by atoms with Crippen molar-refractivity contribution in [3.05, 3.63) is 4.88 Å². The largest absolute Gasteiger partial charge is 0.486 e. The number of esters is 1. The van der Waals surface area contributed by atoms with Gasteiger partial charge in [-0.3, -0.25) is 0 Å². The fourth-order valence-electron chi connectivity index (χ4n) is 1.45. The highest BCUT2D eigenvalue weighted by molar-refractivity contribution is 7.19. The van der Waals surface area contributed by atoms with Crippen LogP contribution in [-0.4, -0.2) is 25.2 Å². The third-order valence-corrected chi connectivity index (χ3v) is 3.71. The summed E-state index contributed by atoms with van der Waals surface area (Å²) in [6, 6.07) is 0.276. The lowest BCUT2D eigenvalue weighted by Gasteiger charge is -2.15. The predicted molar refractivity (Wildman–Crippen MR) is 79.2 cm³/mol. The van der Waals surface area contributed by atoms with Gasteiger partial charge < -0.3 is 20.5 Å². The summed E-state index contributed by atoms with van der Waals surface area (Å²) in [6.07, 6.45) is 0.951. The van der Waals surface area contributed by atoms with Crippen LogP contribution in [0, 0.1) is 0 Å². The molecule has 0 spiro atoms. The third kappa shape index (κ3) is 3.76. The zero-order valence-electron chi connectivity index (χ0n) is 12.1. The first-order chi connectivity index (χ1) is 8.90. The molecule has 0 saturated carbocycles. The number of ether oxygens (including phenoxy) is 2. The van der Waals surface area contributed by atoms with Gasteiger partial charge in [0, 0.05) is 6.04 Å². The Morgan fingerprint density at radius 2 is 2.05 bits per heavy atom. The molecule has 1 rings (SSSR count). The van der Waals surface area contributed by atoms with E-state index in [9.17, 15) is 4.79 Å². The molecule has 0 amide bonds. The lowest BCUT2D eigenvalue weighted by molar-refractivity contribution is 0.0607. The smallest absolute Gasteiger partial charge is 0.350 e. The molecule has 0 aliphatic rings. The molecule has 108 valence electrons. The first-order valence-corrected chi connectivity index (χ1v) is 7.16. The van der Waals surface area contributed by atoms with Gasteiger partial charge in [0.05, 0.1) is 13.2 Å². The van der Waals surface area contributed by atoms with E-state index in [0.29, 0.717) is 16.3 Å². The first-order valence-electron chi connectivity index (χ1n) is 6.34. The van der Waals surface area contributed by atoms with E-state index < -0.39 is 5.97 Å². The lowest BCUT2D eigenvalue weighted by atomic mass is 10.2. The Labute approximate surface area is 118 Å². The topological polar surface area (TPSA) is 73.6 Å². The molecule has 5 nitrogen and oxygen atoms in total. The summed E-state index contributed by atoms with van der Waals surface area (Å²) in [6.45, 7) is 7.98. The van der Waals surface area contributed by atoms with Gasteiger partial charge in [0.15, 0.2) is 5.75 Å². The quantitative estimate of drug-likeness (QED) is 0.786. The Morgan fingerprint density at radius 1 is 1.42 bits per heavy atom. The van der Waals surface area contributed by atoms with Crippen molar-refractivity contribution >= 4 is 28.0 Å². The molecule has 1 unspecified atom stereocenters. The van der Waals surface area contributed by atoms with Gasteiger partial charge >= 0.3 is 5.97 Å². The summed E-state index contributed by atoms with van der Waals surface area (Å²) in [5, 5.41) is 4.09. The maximum Gasteiger partial charge on any atom is 0.350 e. The van der Waals surface area contributed by atoms with Crippen molar-refractivity contribution in [3.63, 3.8) is 0 Å². The Kier molecular flexibility index (Phi) is 5.47. The van der Waals surface area contributed by atoms with Crippen molar-refractivity contribution in [2.45, 2.75) is 46.3 Å². The van der Waals surface area contributed by atoms with Crippen molar-refractivity contribution in [2.75, 3.05) is 18.2 Å². The average Bonchev–Trinajstić information content (AvgIpc) is 2.66. The van der Waals surface area contributed by atoms with Gasteiger partial charge in [-0.15, -0.1) is 11.3 Å². The number of hydrogen-bond acceptors (Lipinski definition) is 6. The van der Waals surface area contributed by atoms with Gasteiger partial charge in [-0.25, -0.2) is 4.79 Å². The molecular formula is C13H22N2O3S. The highest BCUT2D eigenvalue weighted by atomic mass is 32.1. The van der Waals surface area contributed by atoms with Crippen molar-refractivity contribution in [3.8, 4) is 5.75 Å². The molecule has 1 atom stereocenters. The molecule has 0 aliphatic heterocycles. The summed E-state index contributed by atoms with van der Waals surface area (Å²) >= 11 is 1.27. The zero-order valence-corrected chi connectivity index (χ0v) is 12.9. The monoisotopic (exact) mass is 286 g/mol. The second-order valence-electron chi connectivity index (χ2n) is 4.61. The van der Waals surface area contributed by atoms with Crippen LogP contribution in [0.15, 0.2) is 0 Å². The van der Waals surface area contributed by atoms with E-state index in [-0.39, 0.29) is 12.1 Å². The number of anilines is 2. The second kappa shape index (κ2) is 6.65. The summed E-state index contributed by atoms with van der Waals surface area (Å²) < 4.78 is 10.4. The Hall–Kier alpha value is -1.43. The highest BCUT2D eigenvalue weighted by Crippen LogP contribution is 2.43. The van der Waals surface area contributed by atoms with Crippen LogP contribution in [0.4, 0.5) is 10.7 Å². The molecule has 1 aromatic heterocycles. The van der Waals surface area contributed by atoms with E-state index in [1.54, 1.807) is 0 Å². The number of carbonyl (C=O) groups is 1. The summed E-state index contributed by atoms with van der Waals surface area (Å²) in [4.78, 5) is 12.0. The number of nitrogen functional groups attached to an aromatic ring is 1. The number of rotatable bonds is 6. The fraction of sp³-hybridized carbons (Fsp3) is 0.615. The number of nitrogens with one attached hydrogen (secondary N) is 1. The molecule has 1 aromatic rings. The van der Waals surface area contributed by atoms with E-state index in [0.717, 1.165) is 11.4 Å². The van der Waals surface area contributed by atoms with Crippen molar-refractivity contribution in [2.24, 2.45) is 0 Å². The average molecular weight is 286 g/mol. The minimum absolute atomic E-state index is 0.0140. The van der Waals surface area contributed by atoms with Crippen LogP contribution in [0.25, 0.3) is 0 Å². The minimum Gasteiger partial charge on any atom is -0.486 e. The number of hydrogen-bond donors (Lipinski definition) is 2. The zero-order chi connectivity index (χ0) is 14.6. The summed E-state index contributed by atoms with van der Waals surface area (Å²) in [5.74, 6) is 0.106. The Bertz CT molecular complexity index is 443. The van der Waals surface area contributed by atoms with Crippen LogP contribution in [0.5, 0.6) is 5.75 Å². The minimum atomic E-state index is -0.437. The Morgan fingerprint density at radius 3 is 2.53 bits per heavy atom. The van der Waals surface area contributed by atoms with Crippen molar-refractivity contribution in [1.82, 2.24) is 0 Å². The van der Waals surface area contributed by atoms with Gasteiger partial charge in [0.2, 0.25) is 0 Å². The van der Waals surface area contributed by atoms with Gasteiger partial charge in [0.1, 0.15) is 15.6 Å². The molecule has 0 aromatic carbocycles. The van der Waals surface area contributed by atoms with Gasteiger partial charge in [-0.05, 0) is 27.2 Å². The summed E-state index contributed by atoms with van der Waals surface area (Å²) in [7, 11) is 1.34. The van der Waals surface area contributed by atoms with Gasteiger partial charge in [-0.2, -0.15) is 0 Å². The maximum atomic E-state index is 11.7. The van der Waals surface area contributed by atoms with Crippen LogP contribution in [0.3, 0.4) is 0 Å². The number of carbonyl (C=O) groups excluding carboxylic acids is 1. The van der Waals surface area contributed by atoms with E-state index in [1.807, 2.05) is 13.8 Å². The SMILES string of the molecule is CCC(C)Nc1sc(C(=O)OC)c(N)c1OC(C)C. The van der Waals surface area contributed by atoms with Crippen LogP contribution in [0.2, 0.25) is 0 Å². The van der Waals surface area contributed by atoms with Gasteiger partial charge in [-0.1, -0.05) is 6.92 Å². The maximum absolute atomic E-state index is 11.7. The lowest BCUT2D eigenvalue weighted by Crippen LogP contribution is -2.14. The van der Waals surface area contributed by atoms with E-state index >= 15 is 0 Å². The predicted octanol–water partition coefficient (Wildman–Crippen LogP) is 3.11. The number of methoxy groups -OCH3 is 1. The molecule has 1 heterocycles. The number of thiophene rings is 1.